The van der Waals surface area contributed by atoms with Gasteiger partial charge in [-0.25, -0.2) is 0 Å². The van der Waals surface area contributed by atoms with Crippen LogP contribution in [0.2, 0.25) is 0 Å². The minimum atomic E-state index is 0.404. The SMILES string of the molecule is Nc1nnc(NNc2nnc(NCc3ccccc3)s2)s1. The second kappa shape index (κ2) is 6.33. The normalized spacial score (nSPS) is 10.3. The Hall–Kier alpha value is -2.46. The molecule has 0 aliphatic carbocycles. The molecule has 2 aromatic heterocycles. The molecule has 8 nitrogen and oxygen atoms in total. The van der Waals surface area contributed by atoms with Crippen molar-refractivity contribution >= 4 is 43.2 Å². The molecule has 5 N–H and O–H groups in total. The Balaban J connectivity index is 1.51. The van der Waals surface area contributed by atoms with Crippen molar-refractivity contribution in [2.24, 2.45) is 0 Å². The summed E-state index contributed by atoms with van der Waals surface area (Å²) in [7, 11) is 0. The Labute approximate surface area is 128 Å². The summed E-state index contributed by atoms with van der Waals surface area (Å²) in [6.07, 6.45) is 0. The highest BCUT2D eigenvalue weighted by Crippen LogP contribution is 2.22. The van der Waals surface area contributed by atoms with Crippen molar-refractivity contribution in [2.75, 3.05) is 21.9 Å². The first-order valence-corrected chi connectivity index (χ1v) is 7.65. The van der Waals surface area contributed by atoms with Crippen LogP contribution in [0.15, 0.2) is 30.3 Å². The number of benzene rings is 1. The molecule has 0 saturated heterocycles. The van der Waals surface area contributed by atoms with Gasteiger partial charge in [0, 0.05) is 6.54 Å². The standard InChI is InChI=1S/C11H12N8S2/c12-8-14-16-10(20-8)17-19-11-18-15-9(21-11)13-6-7-4-2-1-3-5-7/h1-5H,6H2,(H2,12,14)(H,13,15)(H,16,17)(H,18,19). The lowest BCUT2D eigenvalue weighted by molar-refractivity contribution is 1.04. The summed E-state index contributed by atoms with van der Waals surface area (Å²) in [5.41, 5.74) is 12.4. The summed E-state index contributed by atoms with van der Waals surface area (Å²) in [6, 6.07) is 10.1. The quantitative estimate of drug-likeness (QED) is 0.510. The van der Waals surface area contributed by atoms with Crippen molar-refractivity contribution in [3.8, 4) is 0 Å². The minimum absolute atomic E-state index is 0.404. The zero-order chi connectivity index (χ0) is 14.5. The highest BCUT2D eigenvalue weighted by atomic mass is 32.1. The van der Waals surface area contributed by atoms with E-state index < -0.39 is 0 Å². The fraction of sp³-hybridized carbons (Fsp3) is 0.0909. The van der Waals surface area contributed by atoms with Crippen molar-refractivity contribution in [1.82, 2.24) is 20.4 Å². The monoisotopic (exact) mass is 320 g/mol. The first-order valence-electron chi connectivity index (χ1n) is 6.02. The van der Waals surface area contributed by atoms with Gasteiger partial charge in [-0.15, -0.1) is 20.4 Å². The maximum absolute atomic E-state index is 5.49. The molecule has 10 heteroatoms. The summed E-state index contributed by atoms with van der Waals surface area (Å²) in [5.74, 6) is 0. The average Bonchev–Trinajstić information content (AvgIpc) is 3.13. The van der Waals surface area contributed by atoms with Crippen molar-refractivity contribution in [2.45, 2.75) is 6.54 Å². The van der Waals surface area contributed by atoms with E-state index in [1.807, 2.05) is 18.2 Å². The van der Waals surface area contributed by atoms with Crippen LogP contribution in [0.3, 0.4) is 0 Å². The van der Waals surface area contributed by atoms with E-state index in [9.17, 15) is 0 Å². The summed E-state index contributed by atoms with van der Waals surface area (Å²) >= 11 is 2.64. The van der Waals surface area contributed by atoms with E-state index in [0.717, 1.165) is 5.13 Å². The van der Waals surface area contributed by atoms with Crippen LogP contribution in [0.4, 0.5) is 20.5 Å². The summed E-state index contributed by atoms with van der Waals surface area (Å²) in [6.45, 7) is 0.704. The number of nitrogens with two attached hydrogens (primary N) is 1. The van der Waals surface area contributed by atoms with Crippen molar-refractivity contribution in [1.29, 1.82) is 0 Å². The Morgan fingerprint density at radius 2 is 1.52 bits per heavy atom. The molecular weight excluding hydrogens is 308 g/mol. The van der Waals surface area contributed by atoms with Gasteiger partial charge in [-0.2, -0.15) is 0 Å². The highest BCUT2D eigenvalue weighted by molar-refractivity contribution is 7.19. The Bertz CT molecular complexity index is 695. The van der Waals surface area contributed by atoms with E-state index in [1.165, 1.54) is 28.2 Å². The van der Waals surface area contributed by atoms with Crippen LogP contribution < -0.4 is 21.9 Å². The smallest absolute Gasteiger partial charge is 0.225 e. The Kier molecular flexibility index (Phi) is 4.07. The summed E-state index contributed by atoms with van der Waals surface area (Å²) in [5, 5.41) is 21.1. The van der Waals surface area contributed by atoms with E-state index in [2.05, 4.69) is 48.7 Å². The zero-order valence-electron chi connectivity index (χ0n) is 10.8. The number of hydrogen-bond acceptors (Lipinski definition) is 10. The van der Waals surface area contributed by atoms with E-state index in [1.54, 1.807) is 0 Å². The van der Waals surface area contributed by atoms with Gasteiger partial charge in [0.2, 0.25) is 20.5 Å². The van der Waals surface area contributed by atoms with Gasteiger partial charge >= 0.3 is 0 Å². The molecule has 0 saturated carbocycles. The van der Waals surface area contributed by atoms with Crippen molar-refractivity contribution < 1.29 is 0 Å². The lowest BCUT2D eigenvalue weighted by Crippen LogP contribution is -2.07. The molecule has 2 heterocycles. The van der Waals surface area contributed by atoms with Gasteiger partial charge in [-0.3, -0.25) is 10.9 Å². The van der Waals surface area contributed by atoms with E-state index in [4.69, 9.17) is 5.73 Å². The number of nitrogens with one attached hydrogen (secondary N) is 3. The molecular formula is C11H12N8S2. The molecule has 0 bridgehead atoms. The number of aromatic nitrogens is 4. The number of nitrogen functional groups attached to an aromatic ring is 1. The Morgan fingerprint density at radius 1 is 0.857 bits per heavy atom. The Morgan fingerprint density at radius 3 is 2.24 bits per heavy atom. The lowest BCUT2D eigenvalue weighted by atomic mass is 10.2. The van der Waals surface area contributed by atoms with Gasteiger partial charge in [0.1, 0.15) is 0 Å². The van der Waals surface area contributed by atoms with E-state index >= 15 is 0 Å². The van der Waals surface area contributed by atoms with Crippen LogP contribution in [-0.2, 0) is 6.54 Å². The van der Waals surface area contributed by atoms with Gasteiger partial charge in [-0.1, -0.05) is 53.0 Å². The van der Waals surface area contributed by atoms with E-state index in [0.29, 0.717) is 21.9 Å². The van der Waals surface area contributed by atoms with Crippen LogP contribution in [-0.4, -0.2) is 20.4 Å². The molecule has 0 atom stereocenters. The molecule has 0 fully saturated rings. The molecule has 0 amide bonds. The largest absolute Gasteiger partial charge is 0.374 e. The van der Waals surface area contributed by atoms with Gasteiger partial charge in [0.05, 0.1) is 0 Å². The molecule has 0 aliphatic rings. The highest BCUT2D eigenvalue weighted by Gasteiger charge is 2.05. The van der Waals surface area contributed by atoms with Crippen LogP contribution in [0.5, 0.6) is 0 Å². The fourth-order valence-electron chi connectivity index (χ4n) is 1.51. The molecule has 0 unspecified atom stereocenters. The second-order valence-electron chi connectivity index (χ2n) is 3.95. The molecule has 0 radical (unpaired) electrons. The number of hydrogen-bond donors (Lipinski definition) is 4. The first kappa shape index (κ1) is 13.5. The predicted octanol–water partition coefficient (Wildman–Crippen LogP) is 2.02. The molecule has 108 valence electrons. The maximum Gasteiger partial charge on any atom is 0.225 e. The van der Waals surface area contributed by atoms with E-state index in [-0.39, 0.29) is 0 Å². The van der Waals surface area contributed by atoms with Gasteiger partial charge < -0.3 is 11.1 Å². The first-order chi connectivity index (χ1) is 10.3. The van der Waals surface area contributed by atoms with Crippen LogP contribution in [0.25, 0.3) is 0 Å². The minimum Gasteiger partial charge on any atom is -0.374 e. The van der Waals surface area contributed by atoms with Crippen molar-refractivity contribution in [3.05, 3.63) is 35.9 Å². The number of rotatable bonds is 6. The summed E-state index contributed by atoms with van der Waals surface area (Å²) < 4.78 is 0. The van der Waals surface area contributed by atoms with Crippen LogP contribution >= 0.6 is 22.7 Å². The maximum atomic E-state index is 5.49. The van der Waals surface area contributed by atoms with Gasteiger partial charge in [-0.05, 0) is 5.56 Å². The third-order valence-electron chi connectivity index (χ3n) is 2.43. The molecule has 3 aromatic rings. The third kappa shape index (κ3) is 3.77. The summed E-state index contributed by atoms with van der Waals surface area (Å²) in [4.78, 5) is 0. The molecule has 0 spiro atoms. The number of anilines is 4. The molecule has 21 heavy (non-hydrogen) atoms. The van der Waals surface area contributed by atoms with Gasteiger partial charge in [0.15, 0.2) is 0 Å². The molecule has 1 aromatic carbocycles. The van der Waals surface area contributed by atoms with Crippen LogP contribution in [0.1, 0.15) is 5.56 Å². The predicted molar refractivity (Wildman–Crippen MR) is 85.2 cm³/mol. The second-order valence-corrected chi connectivity index (χ2v) is 5.93. The number of hydrazine groups is 1. The van der Waals surface area contributed by atoms with Crippen molar-refractivity contribution in [3.63, 3.8) is 0 Å². The van der Waals surface area contributed by atoms with Crippen LogP contribution in [0, 0.1) is 0 Å². The zero-order valence-corrected chi connectivity index (χ0v) is 12.4. The topological polar surface area (TPSA) is 114 Å². The third-order valence-corrected chi connectivity index (χ3v) is 3.89. The van der Waals surface area contributed by atoms with Gasteiger partial charge in [0.25, 0.3) is 0 Å². The lowest BCUT2D eigenvalue weighted by Gasteiger charge is -2.01. The fourth-order valence-corrected chi connectivity index (χ4v) is 2.57. The molecule has 0 aliphatic heterocycles. The molecule has 3 rings (SSSR count). The number of nitrogens with zero attached hydrogens (tertiary/aromatic N) is 4. The average molecular weight is 320 g/mol.